The van der Waals surface area contributed by atoms with E-state index >= 15 is 0 Å². The molecule has 21 heavy (non-hydrogen) atoms. The van der Waals surface area contributed by atoms with Crippen molar-refractivity contribution >= 4 is 44.4 Å². The minimum atomic E-state index is 0.854. The van der Waals surface area contributed by atoms with E-state index in [9.17, 15) is 0 Å². The van der Waals surface area contributed by atoms with E-state index in [0.29, 0.717) is 0 Å². The zero-order valence-corrected chi connectivity index (χ0v) is 14.0. The van der Waals surface area contributed by atoms with Crippen LogP contribution in [0.1, 0.15) is 11.1 Å². The highest BCUT2D eigenvalue weighted by Gasteiger charge is 2.06. The highest BCUT2D eigenvalue weighted by molar-refractivity contribution is 9.10. The van der Waals surface area contributed by atoms with Crippen LogP contribution in [0.5, 0.6) is 0 Å². The first-order valence-corrected chi connectivity index (χ1v) is 7.87. The number of hydrogen-bond donors (Lipinski definition) is 0. The fraction of sp³-hybridized carbons (Fsp3) is 0.125. The molecule has 2 aromatic carbocycles. The zero-order chi connectivity index (χ0) is 14.8. The normalized spacial score (nSPS) is 10.2. The minimum absolute atomic E-state index is 0.854. The standard InChI is InChI=1S/C16H12BrN3S/c1-20(2)13-8-4-11(5-9-13)3-6-12-7-10-14(17)16-15(12)18-21-19-16/h4-5,7-10H,1-2H3. The fourth-order valence-electron chi connectivity index (χ4n) is 1.92. The molecule has 0 aliphatic carbocycles. The maximum absolute atomic E-state index is 4.32. The van der Waals surface area contributed by atoms with Gasteiger partial charge in [-0.25, -0.2) is 0 Å². The van der Waals surface area contributed by atoms with Gasteiger partial charge in [0, 0.05) is 29.8 Å². The lowest BCUT2D eigenvalue weighted by atomic mass is 10.1. The molecule has 0 bridgehead atoms. The Bertz CT molecular complexity index is 841. The molecule has 0 unspecified atom stereocenters. The summed E-state index contributed by atoms with van der Waals surface area (Å²) in [6.07, 6.45) is 0. The van der Waals surface area contributed by atoms with Crippen molar-refractivity contribution in [3.05, 3.63) is 52.0 Å². The molecule has 0 amide bonds. The molecule has 3 nitrogen and oxygen atoms in total. The summed E-state index contributed by atoms with van der Waals surface area (Å²) in [5.74, 6) is 6.37. The maximum atomic E-state index is 4.32. The summed E-state index contributed by atoms with van der Waals surface area (Å²) in [4.78, 5) is 2.07. The molecule has 1 heterocycles. The smallest absolute Gasteiger partial charge is 0.121 e. The number of rotatable bonds is 1. The molecule has 0 radical (unpaired) electrons. The number of halogens is 1. The van der Waals surface area contributed by atoms with Gasteiger partial charge >= 0.3 is 0 Å². The molecule has 0 aliphatic heterocycles. The van der Waals surface area contributed by atoms with Gasteiger partial charge in [-0.15, -0.1) is 0 Å². The third kappa shape index (κ3) is 2.92. The Morgan fingerprint density at radius 3 is 2.38 bits per heavy atom. The van der Waals surface area contributed by atoms with E-state index in [0.717, 1.165) is 32.3 Å². The van der Waals surface area contributed by atoms with Crippen molar-refractivity contribution in [3.63, 3.8) is 0 Å². The highest BCUT2D eigenvalue weighted by Crippen LogP contribution is 2.24. The molecular weight excluding hydrogens is 346 g/mol. The van der Waals surface area contributed by atoms with Crippen LogP contribution in [0.3, 0.4) is 0 Å². The van der Waals surface area contributed by atoms with Crippen LogP contribution < -0.4 is 4.90 Å². The summed E-state index contributed by atoms with van der Waals surface area (Å²) in [5, 5.41) is 0. The first kappa shape index (κ1) is 14.1. The molecule has 104 valence electrons. The highest BCUT2D eigenvalue weighted by atomic mass is 79.9. The molecule has 0 saturated carbocycles. The van der Waals surface area contributed by atoms with Crippen LogP contribution in [0, 0.1) is 11.8 Å². The largest absolute Gasteiger partial charge is 0.378 e. The molecule has 0 fully saturated rings. The van der Waals surface area contributed by atoms with Crippen LogP contribution in [-0.2, 0) is 0 Å². The number of aromatic nitrogens is 2. The van der Waals surface area contributed by atoms with Gasteiger partial charge in [-0.1, -0.05) is 11.8 Å². The molecular formula is C16H12BrN3S. The Morgan fingerprint density at radius 1 is 0.952 bits per heavy atom. The second-order valence-corrected chi connectivity index (χ2v) is 6.13. The quantitative estimate of drug-likeness (QED) is 0.618. The Hall–Kier alpha value is -1.90. The molecule has 0 aliphatic rings. The Morgan fingerprint density at radius 2 is 1.67 bits per heavy atom. The molecule has 1 aromatic heterocycles. The van der Waals surface area contributed by atoms with Crippen molar-refractivity contribution in [3.8, 4) is 11.8 Å². The second-order valence-electron chi connectivity index (χ2n) is 4.75. The van der Waals surface area contributed by atoms with E-state index in [-0.39, 0.29) is 0 Å². The second kappa shape index (κ2) is 5.84. The number of benzene rings is 2. The molecule has 3 aromatic rings. The number of fused-ring (bicyclic) bond motifs is 1. The molecule has 0 atom stereocenters. The van der Waals surface area contributed by atoms with Gasteiger partial charge in [0.25, 0.3) is 0 Å². The minimum Gasteiger partial charge on any atom is -0.378 e. The van der Waals surface area contributed by atoms with Gasteiger partial charge in [0.15, 0.2) is 0 Å². The summed E-state index contributed by atoms with van der Waals surface area (Å²) in [6, 6.07) is 12.1. The van der Waals surface area contributed by atoms with Crippen LogP contribution >= 0.6 is 27.7 Å². The van der Waals surface area contributed by atoms with Crippen LogP contribution in [0.25, 0.3) is 11.0 Å². The van der Waals surface area contributed by atoms with Crippen LogP contribution in [0.2, 0.25) is 0 Å². The lowest BCUT2D eigenvalue weighted by Crippen LogP contribution is -2.07. The van der Waals surface area contributed by atoms with E-state index < -0.39 is 0 Å². The van der Waals surface area contributed by atoms with Crippen molar-refractivity contribution in [1.29, 1.82) is 0 Å². The third-order valence-corrected chi connectivity index (χ3v) is 4.26. The van der Waals surface area contributed by atoms with Crippen molar-refractivity contribution in [1.82, 2.24) is 8.75 Å². The Kier molecular flexibility index (Phi) is 3.91. The predicted octanol–water partition coefficient (Wildman–Crippen LogP) is 3.92. The van der Waals surface area contributed by atoms with Crippen molar-refractivity contribution in [2.24, 2.45) is 0 Å². The molecule has 0 spiro atoms. The van der Waals surface area contributed by atoms with Crippen molar-refractivity contribution in [2.75, 3.05) is 19.0 Å². The molecule has 5 heteroatoms. The maximum Gasteiger partial charge on any atom is 0.121 e. The van der Waals surface area contributed by atoms with Crippen LogP contribution in [0.4, 0.5) is 5.69 Å². The monoisotopic (exact) mass is 357 g/mol. The zero-order valence-electron chi connectivity index (χ0n) is 11.6. The van der Waals surface area contributed by atoms with Gasteiger partial charge in [0.05, 0.1) is 17.3 Å². The lowest BCUT2D eigenvalue weighted by Gasteiger charge is -2.11. The van der Waals surface area contributed by atoms with Gasteiger partial charge in [-0.05, 0) is 52.3 Å². The fourth-order valence-corrected chi connectivity index (χ4v) is 3.02. The Balaban J connectivity index is 1.96. The first-order chi connectivity index (χ1) is 10.1. The third-order valence-electron chi connectivity index (χ3n) is 3.09. The first-order valence-electron chi connectivity index (χ1n) is 6.35. The average molecular weight is 358 g/mol. The van der Waals surface area contributed by atoms with Gasteiger partial charge in [0.1, 0.15) is 11.0 Å². The molecule has 3 rings (SSSR count). The van der Waals surface area contributed by atoms with Gasteiger partial charge < -0.3 is 4.90 Å². The van der Waals surface area contributed by atoms with Crippen molar-refractivity contribution in [2.45, 2.75) is 0 Å². The van der Waals surface area contributed by atoms with E-state index in [1.54, 1.807) is 0 Å². The summed E-state index contributed by atoms with van der Waals surface area (Å²) in [6.45, 7) is 0. The number of anilines is 1. The summed E-state index contributed by atoms with van der Waals surface area (Å²) in [5.41, 5.74) is 4.77. The average Bonchev–Trinajstić information content (AvgIpc) is 2.97. The molecule has 0 saturated heterocycles. The topological polar surface area (TPSA) is 29.0 Å². The molecule has 0 N–H and O–H groups in total. The van der Waals surface area contributed by atoms with Crippen LogP contribution in [-0.4, -0.2) is 22.8 Å². The number of hydrogen-bond acceptors (Lipinski definition) is 4. The van der Waals surface area contributed by atoms with E-state index in [4.69, 9.17) is 0 Å². The van der Waals surface area contributed by atoms with Crippen LogP contribution in [0.15, 0.2) is 40.9 Å². The van der Waals surface area contributed by atoms with E-state index in [2.05, 4.69) is 53.6 Å². The summed E-state index contributed by atoms with van der Waals surface area (Å²) in [7, 11) is 4.04. The lowest BCUT2D eigenvalue weighted by molar-refractivity contribution is 1.13. The van der Waals surface area contributed by atoms with Gasteiger partial charge in [-0.2, -0.15) is 8.75 Å². The van der Waals surface area contributed by atoms with E-state index in [1.807, 2.05) is 38.4 Å². The predicted molar refractivity (Wildman–Crippen MR) is 91.9 cm³/mol. The van der Waals surface area contributed by atoms with Gasteiger partial charge in [0.2, 0.25) is 0 Å². The SMILES string of the molecule is CN(C)c1ccc(C#Cc2ccc(Br)c3nsnc23)cc1. The summed E-state index contributed by atoms with van der Waals surface area (Å²) >= 11 is 4.68. The van der Waals surface area contributed by atoms with Crippen molar-refractivity contribution < 1.29 is 0 Å². The number of nitrogens with zero attached hydrogens (tertiary/aromatic N) is 3. The Labute approximate surface area is 136 Å². The summed E-state index contributed by atoms with van der Waals surface area (Å²) < 4.78 is 9.55. The van der Waals surface area contributed by atoms with E-state index in [1.165, 1.54) is 11.7 Å². The van der Waals surface area contributed by atoms with Gasteiger partial charge in [-0.3, -0.25) is 0 Å².